The van der Waals surface area contributed by atoms with Crippen LogP contribution in [0.2, 0.25) is 0 Å². The van der Waals surface area contributed by atoms with Crippen LogP contribution >= 0.6 is 0 Å². The van der Waals surface area contributed by atoms with E-state index in [2.05, 4.69) is 47.6 Å². The highest BCUT2D eigenvalue weighted by Gasteiger charge is 2.59. The lowest BCUT2D eigenvalue weighted by molar-refractivity contribution is -0.151. The molecule has 4 rings (SSSR count). The third-order valence-electron chi connectivity index (χ3n) is 15.5. The fraction of sp³-hybridized carbons (Fsp3) is 0.939. The lowest BCUT2D eigenvalue weighted by atomic mass is 9.47. The molecule has 0 N–H and O–H groups in total. The second kappa shape index (κ2) is 22.6. The second-order valence-corrected chi connectivity index (χ2v) is 19.8. The van der Waals surface area contributed by atoms with Gasteiger partial charge < -0.3 is 4.74 Å². The van der Waals surface area contributed by atoms with Crippen molar-refractivity contribution in [2.24, 2.45) is 46.3 Å². The molecule has 3 fully saturated rings. The molecule has 4 aliphatic rings. The van der Waals surface area contributed by atoms with Gasteiger partial charge in [0.2, 0.25) is 0 Å². The minimum atomic E-state index is 0.0674. The largest absolute Gasteiger partial charge is 0.462 e. The van der Waals surface area contributed by atoms with Gasteiger partial charge in [0.05, 0.1) is 0 Å². The minimum Gasteiger partial charge on any atom is -0.462 e. The number of carbonyl (C=O) groups excluding carboxylic acids is 1. The van der Waals surface area contributed by atoms with Crippen LogP contribution in [0.15, 0.2) is 11.6 Å². The molecule has 0 aromatic rings. The number of esters is 1. The van der Waals surface area contributed by atoms with Gasteiger partial charge >= 0.3 is 5.97 Å². The number of hydrogen-bond donors (Lipinski definition) is 0. The van der Waals surface area contributed by atoms with Crippen molar-refractivity contribution < 1.29 is 9.53 Å². The molecule has 0 aliphatic heterocycles. The number of carbonyl (C=O) groups is 1. The molecule has 0 bridgehead atoms. The van der Waals surface area contributed by atoms with Crippen molar-refractivity contribution in [3.05, 3.63) is 11.6 Å². The van der Waals surface area contributed by atoms with E-state index in [1.807, 2.05) is 0 Å². The van der Waals surface area contributed by atoms with Crippen LogP contribution in [0, 0.1) is 46.3 Å². The predicted octanol–water partition coefficient (Wildman–Crippen LogP) is 15.8. The first-order valence-corrected chi connectivity index (χ1v) is 23.6. The molecule has 8 atom stereocenters. The van der Waals surface area contributed by atoms with Gasteiger partial charge in [-0.1, -0.05) is 188 Å². The molecule has 296 valence electrons. The van der Waals surface area contributed by atoms with Crippen molar-refractivity contribution in [2.75, 3.05) is 0 Å². The summed E-state index contributed by atoms with van der Waals surface area (Å²) in [4.78, 5) is 12.9. The van der Waals surface area contributed by atoms with Crippen molar-refractivity contribution in [3.8, 4) is 0 Å². The first-order chi connectivity index (χ1) is 24.7. The molecule has 2 nitrogen and oxygen atoms in total. The van der Waals surface area contributed by atoms with E-state index in [9.17, 15) is 4.79 Å². The Morgan fingerprint density at radius 2 is 1.25 bits per heavy atom. The van der Waals surface area contributed by atoms with Crippen LogP contribution in [0.25, 0.3) is 0 Å². The van der Waals surface area contributed by atoms with E-state index in [-0.39, 0.29) is 12.1 Å². The molecule has 4 aliphatic carbocycles. The van der Waals surface area contributed by atoms with Crippen LogP contribution in [0.5, 0.6) is 0 Å². The molecule has 0 heterocycles. The second-order valence-electron chi connectivity index (χ2n) is 19.8. The first kappa shape index (κ1) is 42.9. The summed E-state index contributed by atoms with van der Waals surface area (Å²) in [7, 11) is 0. The molecule has 0 unspecified atom stereocenters. The van der Waals surface area contributed by atoms with Gasteiger partial charge in [-0.15, -0.1) is 0 Å². The Bertz CT molecular complexity index is 996. The number of fused-ring (bicyclic) bond motifs is 5. The van der Waals surface area contributed by atoms with Crippen molar-refractivity contribution in [3.63, 3.8) is 0 Å². The van der Waals surface area contributed by atoms with Gasteiger partial charge in [0.25, 0.3) is 0 Å². The Labute approximate surface area is 319 Å². The molecule has 0 spiro atoms. The fourth-order valence-electron chi connectivity index (χ4n) is 12.3. The van der Waals surface area contributed by atoms with Gasteiger partial charge in [0.15, 0.2) is 0 Å². The maximum atomic E-state index is 12.9. The molecule has 51 heavy (non-hydrogen) atoms. The Hall–Kier alpha value is -0.790. The highest BCUT2D eigenvalue weighted by Crippen LogP contribution is 2.67. The third kappa shape index (κ3) is 12.9. The minimum absolute atomic E-state index is 0.0674. The summed E-state index contributed by atoms with van der Waals surface area (Å²) >= 11 is 0. The summed E-state index contributed by atoms with van der Waals surface area (Å²) in [6, 6.07) is 0. The van der Waals surface area contributed by atoms with Crippen molar-refractivity contribution in [1.29, 1.82) is 0 Å². The fourth-order valence-corrected chi connectivity index (χ4v) is 12.3. The zero-order valence-corrected chi connectivity index (χ0v) is 35.4. The van der Waals surface area contributed by atoms with E-state index in [4.69, 9.17) is 4.74 Å². The maximum Gasteiger partial charge on any atom is 0.306 e. The highest BCUT2D eigenvalue weighted by atomic mass is 16.5. The molecule has 0 saturated heterocycles. The summed E-state index contributed by atoms with van der Waals surface area (Å²) in [5.74, 6) is 5.34. The summed E-state index contributed by atoms with van der Waals surface area (Å²) in [6.45, 7) is 15.0. The normalized spacial score (nSPS) is 30.8. The quantitative estimate of drug-likeness (QED) is 0.0508. The summed E-state index contributed by atoms with van der Waals surface area (Å²) in [5.41, 5.74) is 2.54. The number of ether oxygens (including phenoxy) is 1. The highest BCUT2D eigenvalue weighted by molar-refractivity contribution is 5.69. The van der Waals surface area contributed by atoms with Crippen LogP contribution < -0.4 is 0 Å². The van der Waals surface area contributed by atoms with Gasteiger partial charge in [-0.05, 0) is 97.7 Å². The van der Waals surface area contributed by atoms with Gasteiger partial charge in [-0.3, -0.25) is 4.79 Å². The maximum absolute atomic E-state index is 12.9. The topological polar surface area (TPSA) is 26.3 Å². The van der Waals surface area contributed by atoms with Crippen LogP contribution in [0.3, 0.4) is 0 Å². The monoisotopic (exact) mass is 709 g/mol. The van der Waals surface area contributed by atoms with E-state index in [0.717, 1.165) is 54.8 Å². The zero-order chi connectivity index (χ0) is 36.5. The molecular formula is C49H88O2. The van der Waals surface area contributed by atoms with Crippen LogP contribution in [-0.4, -0.2) is 12.1 Å². The Morgan fingerprint density at radius 1 is 0.686 bits per heavy atom. The number of allylic oxidation sites excluding steroid dienone is 1. The molecule has 2 heteroatoms. The molecule has 0 radical (unpaired) electrons. The number of hydrogen-bond acceptors (Lipinski definition) is 2. The van der Waals surface area contributed by atoms with Crippen LogP contribution in [0.1, 0.15) is 241 Å². The van der Waals surface area contributed by atoms with Gasteiger partial charge in [0.1, 0.15) is 6.10 Å². The average Bonchev–Trinajstić information content (AvgIpc) is 3.46. The van der Waals surface area contributed by atoms with E-state index < -0.39 is 0 Å². The van der Waals surface area contributed by atoms with E-state index in [0.29, 0.717) is 17.3 Å². The van der Waals surface area contributed by atoms with Crippen LogP contribution in [0.4, 0.5) is 0 Å². The Morgan fingerprint density at radius 3 is 1.82 bits per heavy atom. The van der Waals surface area contributed by atoms with Gasteiger partial charge in [-0.25, -0.2) is 0 Å². The molecule has 0 amide bonds. The standard InChI is InChI=1S/C49H88O2/c1-7-8-9-10-11-12-13-14-15-16-17-18-19-20-21-22-23-24-25-29-47(50)51-42-34-36-48(5)41(38-42)30-31-43-45-33-32-44(40(4)28-26-27-39(2)3)49(45,6)37-35-46(43)48/h30,39-40,42-46H,7-29,31-38H2,1-6H3/t40-,42-,43+,44-,45+,46+,48+,49-/m1/s1. The lowest BCUT2D eigenvalue weighted by Gasteiger charge is -2.58. The van der Waals surface area contributed by atoms with Crippen LogP contribution in [-0.2, 0) is 9.53 Å². The van der Waals surface area contributed by atoms with Gasteiger partial charge in [0, 0.05) is 12.8 Å². The summed E-state index contributed by atoms with van der Waals surface area (Å²) < 4.78 is 6.15. The van der Waals surface area contributed by atoms with Gasteiger partial charge in [-0.2, -0.15) is 0 Å². The smallest absolute Gasteiger partial charge is 0.306 e. The number of rotatable bonds is 26. The predicted molar refractivity (Wildman–Crippen MR) is 221 cm³/mol. The third-order valence-corrected chi connectivity index (χ3v) is 15.5. The lowest BCUT2D eigenvalue weighted by Crippen LogP contribution is -2.51. The molecule has 0 aromatic carbocycles. The van der Waals surface area contributed by atoms with E-state index >= 15 is 0 Å². The molecule has 0 aromatic heterocycles. The van der Waals surface area contributed by atoms with E-state index in [1.165, 1.54) is 173 Å². The van der Waals surface area contributed by atoms with Crippen molar-refractivity contribution in [2.45, 2.75) is 247 Å². The summed E-state index contributed by atoms with van der Waals surface area (Å²) in [6.07, 6.45) is 44.3. The SMILES string of the molecule is CCCCCCCCCCCCCCCCCCCCCC(=O)O[C@@H]1CC[C@@]2(C)C(=CC[C@H]3[C@@H]4CC[C@H]([C@H](C)CCCC(C)C)[C@@]4(C)CC[C@@H]32)C1. The molecular weight excluding hydrogens is 621 g/mol. The zero-order valence-electron chi connectivity index (χ0n) is 35.4. The van der Waals surface area contributed by atoms with Crippen molar-refractivity contribution >= 4 is 5.97 Å². The van der Waals surface area contributed by atoms with Crippen molar-refractivity contribution in [1.82, 2.24) is 0 Å². The first-order valence-electron chi connectivity index (χ1n) is 23.6. The summed E-state index contributed by atoms with van der Waals surface area (Å²) in [5, 5.41) is 0. The Balaban J connectivity index is 1.03. The average molecular weight is 709 g/mol. The number of unbranched alkanes of at least 4 members (excludes halogenated alkanes) is 18. The molecule has 3 saturated carbocycles. The Kier molecular flexibility index (Phi) is 19.0. The van der Waals surface area contributed by atoms with E-state index in [1.54, 1.807) is 5.57 Å².